The molecule has 1 amide bonds. The van der Waals surface area contributed by atoms with Gasteiger partial charge < -0.3 is 10.1 Å². The van der Waals surface area contributed by atoms with Crippen LogP contribution in [-0.2, 0) is 9.53 Å². The Balaban J connectivity index is 1.67. The quantitative estimate of drug-likeness (QED) is 0.733. The summed E-state index contributed by atoms with van der Waals surface area (Å²) in [6.07, 6.45) is 6.03. The Labute approximate surface area is 115 Å². The number of carbonyl (C=O) groups excluding carboxylic acids is 1. The molecule has 5 nitrogen and oxygen atoms in total. The summed E-state index contributed by atoms with van der Waals surface area (Å²) in [5.74, 6) is -0.0248. The topological polar surface area (TPSA) is 44.8 Å². The minimum atomic E-state index is -0.0248. The van der Waals surface area contributed by atoms with Crippen molar-refractivity contribution in [1.82, 2.24) is 15.1 Å². The van der Waals surface area contributed by atoms with Crippen LogP contribution in [0.25, 0.3) is 0 Å². The minimum absolute atomic E-state index is 0.0248. The van der Waals surface area contributed by atoms with Gasteiger partial charge in [0, 0.05) is 38.8 Å². The molecule has 0 unspecified atom stereocenters. The Hall–Kier alpha value is -0.910. The van der Waals surface area contributed by atoms with E-state index in [0.717, 1.165) is 52.0 Å². The molecule has 2 fully saturated rings. The molecule has 2 saturated heterocycles. The summed E-state index contributed by atoms with van der Waals surface area (Å²) < 4.78 is 5.40. The Morgan fingerprint density at radius 2 is 1.95 bits per heavy atom. The first kappa shape index (κ1) is 14.5. The Bertz CT molecular complexity index is 306. The second-order valence-electron chi connectivity index (χ2n) is 5.20. The maximum atomic E-state index is 11.1. The van der Waals surface area contributed by atoms with Crippen molar-refractivity contribution in [3.63, 3.8) is 0 Å². The number of hydrogen-bond acceptors (Lipinski definition) is 4. The molecule has 19 heavy (non-hydrogen) atoms. The van der Waals surface area contributed by atoms with Crippen LogP contribution in [0.1, 0.15) is 12.8 Å². The molecule has 0 atom stereocenters. The zero-order chi connectivity index (χ0) is 13.5. The molecule has 0 aromatic rings. The number of carbonyl (C=O) groups is 1. The predicted molar refractivity (Wildman–Crippen MR) is 75.1 cm³/mol. The summed E-state index contributed by atoms with van der Waals surface area (Å²) >= 11 is 0. The predicted octanol–water partition coefficient (Wildman–Crippen LogP) is 0.0852. The Morgan fingerprint density at radius 1 is 1.26 bits per heavy atom. The van der Waals surface area contributed by atoms with Gasteiger partial charge in [0.05, 0.1) is 13.2 Å². The number of morpholine rings is 1. The van der Waals surface area contributed by atoms with Gasteiger partial charge in [-0.3, -0.25) is 14.6 Å². The van der Waals surface area contributed by atoms with Crippen molar-refractivity contribution in [1.29, 1.82) is 0 Å². The molecule has 0 aromatic carbocycles. The summed E-state index contributed by atoms with van der Waals surface area (Å²) in [4.78, 5) is 16.1. The van der Waals surface area contributed by atoms with Gasteiger partial charge in [-0.1, -0.05) is 6.08 Å². The minimum Gasteiger partial charge on any atom is -0.379 e. The number of piperidine rings is 1. The summed E-state index contributed by atoms with van der Waals surface area (Å²) in [5, 5.41) is 2.59. The number of likely N-dealkylation sites (N-methyl/N-ethyl adjacent to an activating group) is 1. The van der Waals surface area contributed by atoms with E-state index in [1.807, 2.05) is 6.08 Å². The van der Waals surface area contributed by atoms with Gasteiger partial charge in [0.1, 0.15) is 0 Å². The van der Waals surface area contributed by atoms with Crippen LogP contribution in [0.5, 0.6) is 0 Å². The SMILES string of the molecule is CNC(=O)C=CCN1CCC(N2CCOCC2)CC1. The Kier molecular flexibility index (Phi) is 5.82. The first-order valence-corrected chi connectivity index (χ1v) is 7.22. The molecule has 1 N–H and O–H groups in total. The molecule has 5 heteroatoms. The van der Waals surface area contributed by atoms with Gasteiger partial charge in [-0.05, 0) is 25.9 Å². The molecule has 0 aromatic heterocycles. The lowest BCUT2D eigenvalue weighted by molar-refractivity contribution is -0.116. The van der Waals surface area contributed by atoms with E-state index in [2.05, 4.69) is 15.1 Å². The third kappa shape index (κ3) is 4.60. The molecule has 0 spiro atoms. The van der Waals surface area contributed by atoms with Crippen LogP contribution in [0.2, 0.25) is 0 Å². The highest BCUT2D eigenvalue weighted by molar-refractivity contribution is 5.87. The molecule has 0 bridgehead atoms. The molecule has 2 rings (SSSR count). The largest absolute Gasteiger partial charge is 0.379 e. The monoisotopic (exact) mass is 267 g/mol. The molecule has 0 aliphatic carbocycles. The van der Waals surface area contributed by atoms with E-state index in [1.165, 1.54) is 12.8 Å². The van der Waals surface area contributed by atoms with Gasteiger partial charge in [-0.15, -0.1) is 0 Å². The third-order valence-corrected chi connectivity index (χ3v) is 4.00. The lowest BCUT2D eigenvalue weighted by atomic mass is 10.0. The van der Waals surface area contributed by atoms with Crippen LogP contribution in [0.4, 0.5) is 0 Å². The van der Waals surface area contributed by atoms with E-state index >= 15 is 0 Å². The fourth-order valence-corrected chi connectivity index (χ4v) is 2.80. The van der Waals surface area contributed by atoms with E-state index in [4.69, 9.17) is 4.74 Å². The first-order chi connectivity index (χ1) is 9.29. The van der Waals surface area contributed by atoms with E-state index < -0.39 is 0 Å². The fourth-order valence-electron chi connectivity index (χ4n) is 2.80. The molecule has 2 aliphatic heterocycles. The lowest BCUT2D eigenvalue weighted by Crippen LogP contribution is -2.49. The van der Waals surface area contributed by atoms with Gasteiger partial charge in [-0.25, -0.2) is 0 Å². The van der Waals surface area contributed by atoms with Crippen molar-refractivity contribution < 1.29 is 9.53 Å². The van der Waals surface area contributed by atoms with Crippen molar-refractivity contribution in [2.75, 3.05) is 53.0 Å². The normalized spacial score (nSPS) is 23.8. The van der Waals surface area contributed by atoms with Crippen molar-refractivity contribution in [3.8, 4) is 0 Å². The molecule has 0 saturated carbocycles. The van der Waals surface area contributed by atoms with Gasteiger partial charge in [0.25, 0.3) is 0 Å². The Morgan fingerprint density at radius 3 is 2.58 bits per heavy atom. The zero-order valence-electron chi connectivity index (χ0n) is 11.8. The van der Waals surface area contributed by atoms with E-state index in [0.29, 0.717) is 0 Å². The zero-order valence-corrected chi connectivity index (χ0v) is 11.8. The number of nitrogens with one attached hydrogen (secondary N) is 1. The number of nitrogens with zero attached hydrogens (tertiary/aromatic N) is 2. The van der Waals surface area contributed by atoms with Crippen LogP contribution in [0.15, 0.2) is 12.2 Å². The maximum absolute atomic E-state index is 11.1. The number of likely N-dealkylation sites (tertiary alicyclic amines) is 1. The molecule has 2 heterocycles. The molecular weight excluding hydrogens is 242 g/mol. The lowest BCUT2D eigenvalue weighted by Gasteiger charge is -2.39. The second-order valence-corrected chi connectivity index (χ2v) is 5.20. The standard InChI is InChI=1S/C14H25N3O2/c1-15-14(18)3-2-6-16-7-4-13(5-8-16)17-9-11-19-12-10-17/h2-3,13H,4-12H2,1H3,(H,15,18). The van der Waals surface area contributed by atoms with Crippen molar-refractivity contribution >= 4 is 5.91 Å². The maximum Gasteiger partial charge on any atom is 0.243 e. The van der Waals surface area contributed by atoms with Gasteiger partial charge in [0.15, 0.2) is 0 Å². The molecule has 108 valence electrons. The van der Waals surface area contributed by atoms with E-state index in [1.54, 1.807) is 13.1 Å². The number of ether oxygens (including phenoxy) is 1. The van der Waals surface area contributed by atoms with Gasteiger partial charge in [-0.2, -0.15) is 0 Å². The van der Waals surface area contributed by atoms with Crippen LogP contribution in [0, 0.1) is 0 Å². The number of hydrogen-bond donors (Lipinski definition) is 1. The number of amides is 1. The molecular formula is C14H25N3O2. The summed E-state index contributed by atoms with van der Waals surface area (Å²) in [7, 11) is 1.65. The van der Waals surface area contributed by atoms with Gasteiger partial charge in [0.2, 0.25) is 5.91 Å². The van der Waals surface area contributed by atoms with Crippen LogP contribution < -0.4 is 5.32 Å². The third-order valence-electron chi connectivity index (χ3n) is 4.00. The highest BCUT2D eigenvalue weighted by atomic mass is 16.5. The van der Waals surface area contributed by atoms with E-state index in [9.17, 15) is 4.79 Å². The molecule has 0 radical (unpaired) electrons. The number of rotatable bonds is 4. The van der Waals surface area contributed by atoms with Crippen LogP contribution in [-0.4, -0.2) is 74.7 Å². The second kappa shape index (κ2) is 7.62. The van der Waals surface area contributed by atoms with Crippen molar-refractivity contribution in [2.24, 2.45) is 0 Å². The average Bonchev–Trinajstić information content (AvgIpc) is 2.48. The van der Waals surface area contributed by atoms with E-state index in [-0.39, 0.29) is 5.91 Å². The molecule has 2 aliphatic rings. The van der Waals surface area contributed by atoms with Crippen molar-refractivity contribution in [3.05, 3.63) is 12.2 Å². The summed E-state index contributed by atoms with van der Waals surface area (Å²) in [6.45, 7) is 7.07. The van der Waals surface area contributed by atoms with Crippen molar-refractivity contribution in [2.45, 2.75) is 18.9 Å². The summed E-state index contributed by atoms with van der Waals surface area (Å²) in [6, 6.07) is 0.725. The smallest absolute Gasteiger partial charge is 0.243 e. The average molecular weight is 267 g/mol. The fraction of sp³-hybridized carbons (Fsp3) is 0.786. The van der Waals surface area contributed by atoms with Crippen LogP contribution >= 0.6 is 0 Å². The van der Waals surface area contributed by atoms with Gasteiger partial charge >= 0.3 is 0 Å². The highest BCUT2D eigenvalue weighted by Crippen LogP contribution is 2.17. The van der Waals surface area contributed by atoms with Crippen LogP contribution in [0.3, 0.4) is 0 Å². The summed E-state index contributed by atoms with van der Waals surface area (Å²) in [5.41, 5.74) is 0. The highest BCUT2D eigenvalue weighted by Gasteiger charge is 2.25. The first-order valence-electron chi connectivity index (χ1n) is 7.22.